The van der Waals surface area contributed by atoms with Gasteiger partial charge in [0.1, 0.15) is 17.5 Å². The maximum atomic E-state index is 13.4. The molecule has 38 heavy (non-hydrogen) atoms. The summed E-state index contributed by atoms with van der Waals surface area (Å²) in [5.41, 5.74) is 1.33. The van der Waals surface area contributed by atoms with E-state index in [0.717, 1.165) is 11.8 Å². The Hall–Kier alpha value is -3.27. The summed E-state index contributed by atoms with van der Waals surface area (Å²) in [7, 11) is -2.00. The largest absolute Gasteiger partial charge is 0.497 e. The quantitative estimate of drug-likeness (QED) is 0.363. The number of anilines is 1. The van der Waals surface area contributed by atoms with E-state index >= 15 is 0 Å². The highest BCUT2D eigenvalue weighted by Crippen LogP contribution is 2.23. The van der Waals surface area contributed by atoms with E-state index in [0.29, 0.717) is 30.3 Å². The molecular formula is C28H41N3O6S. The third-order valence-corrected chi connectivity index (χ3v) is 7.12. The van der Waals surface area contributed by atoms with Gasteiger partial charge in [-0.05, 0) is 68.1 Å². The second-order valence-corrected chi connectivity index (χ2v) is 11.5. The normalized spacial score (nSPS) is 12.1. The number of carbonyl (C=O) groups is 2. The van der Waals surface area contributed by atoms with Crippen LogP contribution in [0.15, 0.2) is 48.5 Å². The molecule has 0 aliphatic heterocycles. The Balaban J connectivity index is 2.17. The number of hydrogen-bond acceptors (Lipinski definition) is 6. The smallest absolute Gasteiger partial charge is 0.242 e. The van der Waals surface area contributed by atoms with Crippen LogP contribution in [0.1, 0.15) is 46.1 Å². The molecule has 0 heterocycles. The Morgan fingerprint density at radius 1 is 1.03 bits per heavy atom. The molecule has 9 nitrogen and oxygen atoms in total. The van der Waals surface area contributed by atoms with Gasteiger partial charge in [0.25, 0.3) is 0 Å². The molecule has 2 aromatic carbocycles. The number of hydrogen-bond donors (Lipinski definition) is 1. The van der Waals surface area contributed by atoms with Crippen LogP contribution in [0.25, 0.3) is 0 Å². The molecule has 0 spiro atoms. The molecule has 2 rings (SSSR count). The SMILES string of the molecule is CCOc1ccc(N(CCCC(=O)N(Cc2cccc(OC)c2)C(C)C(=O)NCC(C)C)S(C)(=O)=O)cc1. The number of rotatable bonds is 15. The van der Waals surface area contributed by atoms with E-state index < -0.39 is 16.1 Å². The van der Waals surface area contributed by atoms with Crippen LogP contribution in [0, 0.1) is 5.92 Å². The van der Waals surface area contributed by atoms with Gasteiger partial charge in [0.15, 0.2) is 0 Å². The van der Waals surface area contributed by atoms with E-state index in [9.17, 15) is 18.0 Å². The van der Waals surface area contributed by atoms with Crippen LogP contribution >= 0.6 is 0 Å². The number of nitrogens with one attached hydrogen (secondary N) is 1. The number of nitrogens with zero attached hydrogens (tertiary/aromatic N) is 2. The van der Waals surface area contributed by atoms with Crippen molar-refractivity contribution >= 4 is 27.5 Å². The fourth-order valence-corrected chi connectivity index (χ4v) is 4.85. The summed E-state index contributed by atoms with van der Waals surface area (Å²) >= 11 is 0. The number of methoxy groups -OCH3 is 1. The second-order valence-electron chi connectivity index (χ2n) is 9.55. The molecule has 1 unspecified atom stereocenters. The van der Waals surface area contributed by atoms with Crippen molar-refractivity contribution < 1.29 is 27.5 Å². The predicted molar refractivity (Wildman–Crippen MR) is 150 cm³/mol. The van der Waals surface area contributed by atoms with Crippen LogP contribution < -0.4 is 19.1 Å². The van der Waals surface area contributed by atoms with Crippen LogP contribution in [0.4, 0.5) is 5.69 Å². The van der Waals surface area contributed by atoms with Crippen molar-refractivity contribution in [1.29, 1.82) is 0 Å². The maximum absolute atomic E-state index is 13.4. The van der Waals surface area contributed by atoms with Crippen molar-refractivity contribution in [3.63, 3.8) is 0 Å². The zero-order chi connectivity index (χ0) is 28.3. The first-order valence-electron chi connectivity index (χ1n) is 12.9. The van der Waals surface area contributed by atoms with Crippen LogP contribution in [0.5, 0.6) is 11.5 Å². The Bertz CT molecular complexity index is 1150. The van der Waals surface area contributed by atoms with E-state index in [2.05, 4.69) is 5.32 Å². The summed E-state index contributed by atoms with van der Waals surface area (Å²) in [5.74, 6) is 1.12. The Labute approximate surface area is 227 Å². The summed E-state index contributed by atoms with van der Waals surface area (Å²) in [5, 5.41) is 2.90. The van der Waals surface area contributed by atoms with Crippen LogP contribution in [-0.2, 0) is 26.2 Å². The molecule has 0 fully saturated rings. The first-order chi connectivity index (χ1) is 18.0. The summed E-state index contributed by atoms with van der Waals surface area (Å²) < 4.78 is 37.0. The highest BCUT2D eigenvalue weighted by atomic mass is 32.2. The lowest BCUT2D eigenvalue weighted by Crippen LogP contribution is -2.48. The van der Waals surface area contributed by atoms with Gasteiger partial charge < -0.3 is 19.7 Å². The van der Waals surface area contributed by atoms with Gasteiger partial charge in [-0.2, -0.15) is 0 Å². The molecular weight excluding hydrogens is 506 g/mol. The minimum absolute atomic E-state index is 0.0782. The lowest BCUT2D eigenvalue weighted by atomic mass is 10.1. The molecule has 0 aromatic heterocycles. The minimum Gasteiger partial charge on any atom is -0.497 e. The molecule has 0 saturated heterocycles. The van der Waals surface area contributed by atoms with E-state index in [-0.39, 0.29) is 43.7 Å². The zero-order valence-corrected chi connectivity index (χ0v) is 24.1. The molecule has 0 bridgehead atoms. The molecule has 0 radical (unpaired) electrons. The molecule has 2 aromatic rings. The third kappa shape index (κ3) is 9.55. The van der Waals surface area contributed by atoms with Gasteiger partial charge in [-0.3, -0.25) is 13.9 Å². The zero-order valence-electron chi connectivity index (χ0n) is 23.3. The van der Waals surface area contributed by atoms with Crippen molar-refractivity contribution in [2.45, 2.75) is 53.1 Å². The fraction of sp³-hybridized carbons (Fsp3) is 0.500. The van der Waals surface area contributed by atoms with E-state index in [1.807, 2.05) is 45.0 Å². The second kappa shape index (κ2) is 14.6. The predicted octanol–water partition coefficient (Wildman–Crippen LogP) is 3.83. The van der Waals surface area contributed by atoms with Crippen molar-refractivity contribution in [3.05, 3.63) is 54.1 Å². The van der Waals surface area contributed by atoms with Gasteiger partial charge in [0, 0.05) is 26.1 Å². The summed E-state index contributed by atoms with van der Waals surface area (Å²) in [4.78, 5) is 27.8. The molecule has 1 N–H and O–H groups in total. The Kier molecular flexibility index (Phi) is 11.9. The average molecular weight is 548 g/mol. The molecule has 210 valence electrons. The number of sulfonamides is 1. The van der Waals surface area contributed by atoms with Gasteiger partial charge in [-0.15, -0.1) is 0 Å². The fourth-order valence-electron chi connectivity index (χ4n) is 3.88. The molecule has 0 aliphatic rings. The van der Waals surface area contributed by atoms with Crippen molar-refractivity contribution in [3.8, 4) is 11.5 Å². The number of amides is 2. The molecule has 10 heteroatoms. The number of carbonyl (C=O) groups excluding carboxylic acids is 2. The monoisotopic (exact) mass is 547 g/mol. The maximum Gasteiger partial charge on any atom is 0.242 e. The summed E-state index contributed by atoms with van der Waals surface area (Å²) in [6.07, 6.45) is 1.50. The van der Waals surface area contributed by atoms with Gasteiger partial charge in [0.2, 0.25) is 21.8 Å². The van der Waals surface area contributed by atoms with Crippen LogP contribution in [-0.4, -0.2) is 64.2 Å². The number of ether oxygens (including phenoxy) is 2. The van der Waals surface area contributed by atoms with Crippen molar-refractivity contribution in [2.24, 2.45) is 5.92 Å². The summed E-state index contributed by atoms with van der Waals surface area (Å²) in [6, 6.07) is 13.5. The number of benzene rings is 2. The Morgan fingerprint density at radius 3 is 2.29 bits per heavy atom. The molecule has 0 saturated carbocycles. The standard InChI is InChI=1S/C28H41N3O6S/c1-7-37-25-15-13-24(14-16-25)31(38(6,34)35)17-9-12-27(32)30(22(4)28(33)29-19-21(2)3)20-23-10-8-11-26(18-23)36-5/h8,10-11,13-16,18,21-22H,7,9,12,17,19-20H2,1-6H3,(H,29,33). The van der Waals surface area contributed by atoms with E-state index in [1.54, 1.807) is 38.3 Å². The van der Waals surface area contributed by atoms with E-state index in [4.69, 9.17) is 9.47 Å². The van der Waals surface area contributed by atoms with Gasteiger partial charge >= 0.3 is 0 Å². The first kappa shape index (κ1) is 31.0. The molecule has 0 aliphatic carbocycles. The highest BCUT2D eigenvalue weighted by molar-refractivity contribution is 7.92. The average Bonchev–Trinajstić information content (AvgIpc) is 2.88. The lowest BCUT2D eigenvalue weighted by Gasteiger charge is -2.30. The molecule has 1 atom stereocenters. The summed E-state index contributed by atoms with van der Waals surface area (Å²) in [6.45, 7) is 8.95. The third-order valence-electron chi connectivity index (χ3n) is 5.93. The van der Waals surface area contributed by atoms with Crippen molar-refractivity contribution in [1.82, 2.24) is 10.2 Å². The van der Waals surface area contributed by atoms with Crippen molar-refractivity contribution in [2.75, 3.05) is 37.4 Å². The van der Waals surface area contributed by atoms with Crippen LogP contribution in [0.2, 0.25) is 0 Å². The van der Waals surface area contributed by atoms with Crippen LogP contribution in [0.3, 0.4) is 0 Å². The van der Waals surface area contributed by atoms with Gasteiger partial charge in [0.05, 0.1) is 25.7 Å². The van der Waals surface area contributed by atoms with Gasteiger partial charge in [-0.25, -0.2) is 8.42 Å². The highest BCUT2D eigenvalue weighted by Gasteiger charge is 2.27. The van der Waals surface area contributed by atoms with E-state index in [1.165, 1.54) is 9.21 Å². The lowest BCUT2D eigenvalue weighted by molar-refractivity contribution is -0.140. The molecule has 2 amide bonds. The topological polar surface area (TPSA) is 105 Å². The first-order valence-corrected chi connectivity index (χ1v) is 14.7. The minimum atomic E-state index is -3.57. The Morgan fingerprint density at radius 2 is 1.71 bits per heavy atom. The van der Waals surface area contributed by atoms with Gasteiger partial charge in [-0.1, -0.05) is 26.0 Å².